The third-order valence-electron chi connectivity index (χ3n) is 1.61. The molecule has 14 heavy (non-hydrogen) atoms. The largest absolute Gasteiger partial charge is 0.462 e. The third kappa shape index (κ3) is 3.64. The Morgan fingerprint density at radius 2 is 2.36 bits per heavy atom. The van der Waals surface area contributed by atoms with Crippen LogP contribution in [-0.2, 0) is 9.53 Å². The first-order chi connectivity index (χ1) is 6.27. The maximum atomic E-state index is 11.2. The van der Waals surface area contributed by atoms with E-state index in [-0.39, 0.29) is 18.4 Å². The van der Waals surface area contributed by atoms with Crippen LogP contribution >= 0.6 is 28.6 Å². The summed E-state index contributed by atoms with van der Waals surface area (Å²) in [6.07, 6.45) is 5.97. The SMILES string of the molecule is CCOC(=O)C1=CCC(=NBr)C=C1.Cl. The molecular weight excluding hydrogens is 269 g/mol. The Bertz CT molecular complexity index is 297. The van der Waals surface area contributed by atoms with Gasteiger partial charge >= 0.3 is 5.97 Å². The zero-order chi connectivity index (χ0) is 9.68. The van der Waals surface area contributed by atoms with Crippen LogP contribution in [-0.4, -0.2) is 18.3 Å². The molecule has 0 saturated carbocycles. The summed E-state index contributed by atoms with van der Waals surface area (Å²) < 4.78 is 8.67. The van der Waals surface area contributed by atoms with Crippen molar-refractivity contribution in [2.45, 2.75) is 13.3 Å². The predicted octanol–water partition coefficient (Wildman–Crippen LogP) is 2.61. The van der Waals surface area contributed by atoms with E-state index in [4.69, 9.17) is 4.74 Å². The molecule has 0 saturated heterocycles. The van der Waals surface area contributed by atoms with Gasteiger partial charge in [0.25, 0.3) is 0 Å². The van der Waals surface area contributed by atoms with Gasteiger partial charge in [0.2, 0.25) is 0 Å². The molecule has 5 heteroatoms. The first-order valence-electron chi connectivity index (χ1n) is 4.01. The number of ether oxygens (including phenoxy) is 1. The fourth-order valence-corrected chi connectivity index (χ4v) is 1.23. The van der Waals surface area contributed by atoms with Crippen molar-refractivity contribution >= 4 is 40.2 Å². The van der Waals surface area contributed by atoms with Gasteiger partial charge in [0, 0.05) is 6.42 Å². The smallest absolute Gasteiger partial charge is 0.337 e. The lowest BCUT2D eigenvalue weighted by Gasteiger charge is -2.06. The number of rotatable bonds is 2. The molecule has 78 valence electrons. The standard InChI is InChI=1S/C9H10BrNO2.ClH/c1-2-13-9(12)7-3-5-8(11-10)6-4-7;/h3-5H,2,6H2,1H3;1H. The summed E-state index contributed by atoms with van der Waals surface area (Å²) in [6, 6.07) is 0. The summed E-state index contributed by atoms with van der Waals surface area (Å²) in [5.41, 5.74) is 1.50. The van der Waals surface area contributed by atoms with Crippen molar-refractivity contribution in [2.75, 3.05) is 6.61 Å². The zero-order valence-electron chi connectivity index (χ0n) is 7.70. The van der Waals surface area contributed by atoms with Crippen molar-refractivity contribution in [3.63, 3.8) is 0 Å². The molecule has 3 nitrogen and oxygen atoms in total. The zero-order valence-corrected chi connectivity index (χ0v) is 10.1. The molecule has 0 amide bonds. The van der Waals surface area contributed by atoms with Crippen molar-refractivity contribution in [1.29, 1.82) is 0 Å². The maximum Gasteiger partial charge on any atom is 0.337 e. The lowest BCUT2D eigenvalue weighted by molar-refractivity contribution is -0.138. The topological polar surface area (TPSA) is 38.7 Å². The van der Waals surface area contributed by atoms with Crippen LogP contribution in [0, 0.1) is 0 Å². The maximum absolute atomic E-state index is 11.2. The first-order valence-corrected chi connectivity index (χ1v) is 4.72. The Balaban J connectivity index is 0.00000169. The fourth-order valence-electron chi connectivity index (χ4n) is 0.965. The molecule has 0 aliphatic heterocycles. The van der Waals surface area contributed by atoms with Gasteiger partial charge in [-0.1, -0.05) is 6.08 Å². The van der Waals surface area contributed by atoms with Crippen LogP contribution in [0.4, 0.5) is 0 Å². The number of esters is 1. The lowest BCUT2D eigenvalue weighted by Crippen LogP contribution is -2.09. The molecule has 0 heterocycles. The number of carbonyl (C=O) groups is 1. The van der Waals surface area contributed by atoms with E-state index in [1.165, 1.54) is 0 Å². The van der Waals surface area contributed by atoms with Gasteiger partial charge < -0.3 is 4.74 Å². The number of carbonyl (C=O) groups excluding carboxylic acids is 1. The van der Waals surface area contributed by atoms with Crippen LogP contribution in [0.3, 0.4) is 0 Å². The van der Waals surface area contributed by atoms with E-state index in [0.29, 0.717) is 18.6 Å². The number of allylic oxidation sites excluding steroid dienone is 2. The Kier molecular flexibility index (Phi) is 6.49. The molecule has 1 aliphatic rings. The highest BCUT2D eigenvalue weighted by atomic mass is 79.9. The summed E-state index contributed by atoms with van der Waals surface area (Å²) >= 11 is 2.99. The minimum atomic E-state index is -0.271. The van der Waals surface area contributed by atoms with Gasteiger partial charge in [-0.3, -0.25) is 0 Å². The van der Waals surface area contributed by atoms with E-state index < -0.39 is 0 Å². The Morgan fingerprint density at radius 1 is 1.64 bits per heavy atom. The van der Waals surface area contributed by atoms with Crippen molar-refractivity contribution in [2.24, 2.45) is 4.02 Å². The fraction of sp³-hybridized carbons (Fsp3) is 0.333. The average molecular weight is 281 g/mol. The van der Waals surface area contributed by atoms with Gasteiger partial charge in [0.15, 0.2) is 0 Å². The Labute approximate surface area is 97.7 Å². The molecule has 0 N–H and O–H groups in total. The molecule has 0 aromatic rings. The van der Waals surface area contributed by atoms with Crippen LogP contribution < -0.4 is 0 Å². The van der Waals surface area contributed by atoms with Gasteiger partial charge in [-0.2, -0.15) is 0 Å². The van der Waals surface area contributed by atoms with Crippen molar-refractivity contribution < 1.29 is 9.53 Å². The van der Waals surface area contributed by atoms with Gasteiger partial charge in [-0.05, 0) is 19.1 Å². The highest BCUT2D eigenvalue weighted by Gasteiger charge is 2.10. The second-order valence-electron chi connectivity index (χ2n) is 2.49. The molecule has 1 rings (SSSR count). The van der Waals surface area contributed by atoms with E-state index in [1.807, 2.05) is 0 Å². The monoisotopic (exact) mass is 279 g/mol. The minimum Gasteiger partial charge on any atom is -0.462 e. The third-order valence-corrected chi connectivity index (χ3v) is 2.06. The van der Waals surface area contributed by atoms with Crippen LogP contribution in [0.25, 0.3) is 0 Å². The average Bonchev–Trinajstić information content (AvgIpc) is 2.18. The quantitative estimate of drug-likeness (QED) is 0.729. The number of hydrogen-bond donors (Lipinski definition) is 0. The van der Waals surface area contributed by atoms with Gasteiger partial charge in [0.05, 0.1) is 34.0 Å². The number of nitrogens with zero attached hydrogens (tertiary/aromatic N) is 1. The molecule has 0 fully saturated rings. The minimum absolute atomic E-state index is 0. The predicted molar refractivity (Wildman–Crippen MR) is 62.1 cm³/mol. The Hall–Kier alpha value is -0.610. The lowest BCUT2D eigenvalue weighted by atomic mass is 10.1. The molecule has 0 aromatic carbocycles. The molecule has 0 unspecified atom stereocenters. The van der Waals surface area contributed by atoms with Crippen molar-refractivity contribution in [1.82, 2.24) is 0 Å². The van der Waals surface area contributed by atoms with Gasteiger partial charge in [-0.25, -0.2) is 8.81 Å². The molecule has 0 atom stereocenters. The summed E-state index contributed by atoms with van der Waals surface area (Å²) in [5.74, 6) is -0.271. The van der Waals surface area contributed by atoms with E-state index in [9.17, 15) is 4.79 Å². The van der Waals surface area contributed by atoms with E-state index in [2.05, 4.69) is 20.2 Å². The molecule has 1 aliphatic carbocycles. The van der Waals surface area contributed by atoms with Crippen LogP contribution in [0.2, 0.25) is 0 Å². The van der Waals surface area contributed by atoms with E-state index in [1.54, 1.807) is 25.2 Å². The summed E-state index contributed by atoms with van der Waals surface area (Å²) in [4.78, 5) is 11.2. The highest BCUT2D eigenvalue weighted by Crippen LogP contribution is 2.10. The van der Waals surface area contributed by atoms with Crippen LogP contribution in [0.1, 0.15) is 13.3 Å². The second-order valence-corrected chi connectivity index (χ2v) is 2.85. The summed E-state index contributed by atoms with van der Waals surface area (Å²) in [6.45, 7) is 2.19. The van der Waals surface area contributed by atoms with Crippen LogP contribution in [0.5, 0.6) is 0 Å². The highest BCUT2D eigenvalue weighted by molar-refractivity contribution is 9.08. The Morgan fingerprint density at radius 3 is 2.79 bits per heavy atom. The molecular formula is C9H11BrClNO2. The van der Waals surface area contributed by atoms with Crippen LogP contribution in [0.15, 0.2) is 27.8 Å². The number of hydrogen-bond acceptors (Lipinski definition) is 3. The number of halogens is 2. The van der Waals surface area contributed by atoms with Crippen molar-refractivity contribution in [3.05, 3.63) is 23.8 Å². The van der Waals surface area contributed by atoms with Gasteiger partial charge in [-0.15, -0.1) is 12.4 Å². The van der Waals surface area contributed by atoms with E-state index in [0.717, 1.165) is 5.71 Å². The van der Waals surface area contributed by atoms with E-state index >= 15 is 0 Å². The second kappa shape index (κ2) is 6.79. The summed E-state index contributed by atoms with van der Waals surface area (Å²) in [5, 5.41) is 0. The summed E-state index contributed by atoms with van der Waals surface area (Å²) in [7, 11) is 0. The normalized spacial score (nSPS) is 17.3. The van der Waals surface area contributed by atoms with Crippen molar-refractivity contribution in [3.8, 4) is 0 Å². The molecule has 0 spiro atoms. The molecule has 0 bridgehead atoms. The first kappa shape index (κ1) is 13.4. The molecule has 0 radical (unpaired) electrons. The molecule has 0 aromatic heterocycles. The van der Waals surface area contributed by atoms with Gasteiger partial charge in [0.1, 0.15) is 0 Å².